The summed E-state index contributed by atoms with van der Waals surface area (Å²) in [6, 6.07) is 77.7. The highest BCUT2D eigenvalue weighted by atomic mass is 16.5. The van der Waals surface area contributed by atoms with Crippen LogP contribution in [0.25, 0.3) is 65.3 Å². The van der Waals surface area contributed by atoms with Crippen molar-refractivity contribution in [3.05, 3.63) is 218 Å². The summed E-state index contributed by atoms with van der Waals surface area (Å²) in [6.45, 7) is 0. The second kappa shape index (κ2) is 17.9. The maximum Gasteiger partial charge on any atom is 0.119 e. The van der Waals surface area contributed by atoms with Gasteiger partial charge in [0.1, 0.15) is 23.0 Å². The Morgan fingerprint density at radius 2 is 0.544 bits per heavy atom. The molecule has 0 aromatic heterocycles. The van der Waals surface area contributed by atoms with Gasteiger partial charge in [-0.05, 0) is 199 Å². The molecule has 0 fully saturated rings. The predicted octanol–water partition coefficient (Wildman–Crippen LogP) is 16.6. The molecule has 11 rings (SSSR count). The summed E-state index contributed by atoms with van der Waals surface area (Å²) >= 11 is 0. The van der Waals surface area contributed by atoms with E-state index >= 15 is 0 Å². The molecule has 0 N–H and O–H groups in total. The average molecular weight is 885 g/mol. The summed E-state index contributed by atoms with van der Waals surface area (Å²) in [5.74, 6) is 3.18. The molecule has 11 aromatic carbocycles. The van der Waals surface area contributed by atoms with Crippen molar-refractivity contribution in [1.82, 2.24) is 0 Å². The van der Waals surface area contributed by atoms with Crippen molar-refractivity contribution in [1.29, 1.82) is 0 Å². The van der Waals surface area contributed by atoms with Gasteiger partial charge in [-0.25, -0.2) is 0 Å². The number of hydrogen-bond acceptors (Lipinski definition) is 6. The van der Waals surface area contributed by atoms with Crippen LogP contribution in [0.4, 0.5) is 34.1 Å². The lowest BCUT2D eigenvalue weighted by molar-refractivity contribution is 0.414. The Labute approximate surface area is 396 Å². The molecule has 0 bridgehead atoms. The summed E-state index contributed by atoms with van der Waals surface area (Å²) in [6.07, 6.45) is 0. The van der Waals surface area contributed by atoms with Gasteiger partial charge in [0.2, 0.25) is 0 Å². The number of ether oxygens (including phenoxy) is 4. The van der Waals surface area contributed by atoms with Crippen LogP contribution in [0.1, 0.15) is 0 Å². The zero-order chi connectivity index (χ0) is 46.1. The molecule has 0 aliphatic heterocycles. The van der Waals surface area contributed by atoms with Crippen LogP contribution in [0, 0.1) is 0 Å². The SMILES string of the molecule is COc1ccc(N(c2ccc(OC)cc2)c2ccc3c(-c4ccc5ccccc5c4)c4cc(N(c5ccc(OC)cc5)c5ccc(OC)cc5)ccc4c(-c4ccc5ccccc5c4)c3c2)cc1. The van der Waals surface area contributed by atoms with Gasteiger partial charge in [-0.3, -0.25) is 0 Å². The number of anilines is 6. The van der Waals surface area contributed by atoms with Crippen LogP contribution in [0.2, 0.25) is 0 Å². The zero-order valence-corrected chi connectivity index (χ0v) is 38.3. The maximum atomic E-state index is 5.61. The maximum absolute atomic E-state index is 5.61. The van der Waals surface area contributed by atoms with E-state index in [0.29, 0.717) is 0 Å². The molecule has 0 amide bonds. The molecule has 0 heterocycles. The first kappa shape index (κ1) is 41.9. The second-order valence-corrected chi connectivity index (χ2v) is 16.8. The van der Waals surface area contributed by atoms with E-state index in [1.165, 1.54) is 21.5 Å². The first-order chi connectivity index (χ1) is 33.5. The zero-order valence-electron chi connectivity index (χ0n) is 38.3. The Morgan fingerprint density at radius 1 is 0.250 bits per heavy atom. The van der Waals surface area contributed by atoms with Crippen molar-refractivity contribution in [2.45, 2.75) is 0 Å². The molecule has 6 heteroatoms. The Hall–Kier alpha value is -8.74. The van der Waals surface area contributed by atoms with Gasteiger partial charge in [-0.1, -0.05) is 84.9 Å². The normalized spacial score (nSPS) is 11.2. The third-order valence-corrected chi connectivity index (χ3v) is 13.0. The lowest BCUT2D eigenvalue weighted by atomic mass is 9.84. The Morgan fingerprint density at radius 3 is 0.853 bits per heavy atom. The first-order valence-electron chi connectivity index (χ1n) is 22.7. The molecule has 11 aromatic rings. The van der Waals surface area contributed by atoms with Crippen LogP contribution in [-0.2, 0) is 0 Å². The van der Waals surface area contributed by atoms with E-state index in [0.717, 1.165) is 101 Å². The fourth-order valence-corrected chi connectivity index (χ4v) is 9.61. The van der Waals surface area contributed by atoms with Crippen LogP contribution in [0.5, 0.6) is 23.0 Å². The molecule has 0 radical (unpaired) electrons. The van der Waals surface area contributed by atoms with Crippen LogP contribution in [0.3, 0.4) is 0 Å². The smallest absolute Gasteiger partial charge is 0.119 e. The highest BCUT2D eigenvalue weighted by Crippen LogP contribution is 2.49. The molecule has 0 saturated carbocycles. The molecule has 0 saturated heterocycles. The molecule has 68 heavy (non-hydrogen) atoms. The highest BCUT2D eigenvalue weighted by Gasteiger charge is 2.23. The van der Waals surface area contributed by atoms with Gasteiger partial charge < -0.3 is 28.7 Å². The highest BCUT2D eigenvalue weighted by molar-refractivity contribution is 6.23. The number of rotatable bonds is 12. The summed E-state index contributed by atoms with van der Waals surface area (Å²) in [5.41, 5.74) is 10.6. The fraction of sp³-hybridized carbons (Fsp3) is 0.0645. The second-order valence-electron chi connectivity index (χ2n) is 16.8. The van der Waals surface area contributed by atoms with E-state index in [1.807, 2.05) is 48.5 Å². The number of benzene rings is 11. The van der Waals surface area contributed by atoms with E-state index in [1.54, 1.807) is 28.4 Å². The van der Waals surface area contributed by atoms with Crippen molar-refractivity contribution < 1.29 is 18.9 Å². The van der Waals surface area contributed by atoms with E-state index in [2.05, 4.69) is 180 Å². The van der Waals surface area contributed by atoms with Gasteiger partial charge >= 0.3 is 0 Å². The Kier molecular flexibility index (Phi) is 11.0. The number of methoxy groups -OCH3 is 4. The van der Waals surface area contributed by atoms with Gasteiger partial charge in [-0.2, -0.15) is 0 Å². The molecular formula is C62H48N2O4. The van der Waals surface area contributed by atoms with Crippen molar-refractivity contribution in [3.63, 3.8) is 0 Å². The van der Waals surface area contributed by atoms with Crippen molar-refractivity contribution in [3.8, 4) is 45.3 Å². The van der Waals surface area contributed by atoms with Crippen LogP contribution in [-0.4, -0.2) is 28.4 Å². The third kappa shape index (κ3) is 7.72. The third-order valence-electron chi connectivity index (χ3n) is 13.0. The van der Waals surface area contributed by atoms with Gasteiger partial charge in [0.05, 0.1) is 28.4 Å². The molecule has 0 aliphatic carbocycles. The number of hydrogen-bond donors (Lipinski definition) is 0. The van der Waals surface area contributed by atoms with Crippen LogP contribution >= 0.6 is 0 Å². The molecular weight excluding hydrogens is 837 g/mol. The van der Waals surface area contributed by atoms with E-state index in [4.69, 9.17) is 18.9 Å². The number of fused-ring (bicyclic) bond motifs is 4. The van der Waals surface area contributed by atoms with E-state index in [-0.39, 0.29) is 0 Å². The standard InChI is InChI=1S/C62H48N2O4/c1-65-53-27-17-47(18-28-53)63(48-19-29-54(66-2)30-20-48)51-25-35-57-59(39-51)61(45-15-13-41-9-5-7-11-43(41)37-45)58-36-26-52(40-60(58)62(57)46-16-14-42-10-6-8-12-44(42)38-46)64(49-21-31-55(67-3)32-22-49)50-23-33-56(68-4)34-24-50/h5-40H,1-4H3. The topological polar surface area (TPSA) is 43.4 Å². The quantitative estimate of drug-likeness (QED) is 0.114. The van der Waals surface area contributed by atoms with Crippen molar-refractivity contribution in [2.24, 2.45) is 0 Å². The van der Waals surface area contributed by atoms with E-state index < -0.39 is 0 Å². The van der Waals surface area contributed by atoms with Crippen LogP contribution in [0.15, 0.2) is 218 Å². The predicted molar refractivity (Wildman–Crippen MR) is 283 cm³/mol. The first-order valence-corrected chi connectivity index (χ1v) is 22.7. The van der Waals surface area contributed by atoms with Gasteiger partial charge in [0.25, 0.3) is 0 Å². The van der Waals surface area contributed by atoms with Gasteiger partial charge in [0, 0.05) is 34.1 Å². The van der Waals surface area contributed by atoms with E-state index in [9.17, 15) is 0 Å². The Balaban J connectivity index is 1.24. The monoisotopic (exact) mass is 884 g/mol. The van der Waals surface area contributed by atoms with Crippen molar-refractivity contribution in [2.75, 3.05) is 38.2 Å². The molecule has 330 valence electrons. The lowest BCUT2D eigenvalue weighted by Crippen LogP contribution is -2.10. The molecule has 0 aliphatic rings. The van der Waals surface area contributed by atoms with Crippen LogP contribution < -0.4 is 28.7 Å². The molecule has 0 spiro atoms. The van der Waals surface area contributed by atoms with Gasteiger partial charge in [0.15, 0.2) is 0 Å². The fourth-order valence-electron chi connectivity index (χ4n) is 9.61. The van der Waals surface area contributed by atoms with Crippen molar-refractivity contribution >= 4 is 77.2 Å². The summed E-state index contributed by atoms with van der Waals surface area (Å²) < 4.78 is 22.4. The molecule has 0 unspecified atom stereocenters. The molecule has 0 atom stereocenters. The summed E-state index contributed by atoms with van der Waals surface area (Å²) in [5, 5.41) is 9.30. The lowest BCUT2D eigenvalue weighted by Gasteiger charge is -2.28. The minimum absolute atomic E-state index is 0.795. The Bertz CT molecular complexity index is 3270. The largest absolute Gasteiger partial charge is 0.497 e. The summed E-state index contributed by atoms with van der Waals surface area (Å²) in [7, 11) is 6.79. The number of nitrogens with zero attached hydrogens (tertiary/aromatic N) is 2. The minimum atomic E-state index is 0.795. The minimum Gasteiger partial charge on any atom is -0.497 e. The summed E-state index contributed by atoms with van der Waals surface area (Å²) in [4.78, 5) is 4.60. The molecule has 6 nitrogen and oxygen atoms in total. The van der Waals surface area contributed by atoms with Gasteiger partial charge in [-0.15, -0.1) is 0 Å². The average Bonchev–Trinajstić information content (AvgIpc) is 3.40.